The first-order valence-electron chi connectivity index (χ1n) is 7.60. The number of rotatable bonds is 2. The summed E-state index contributed by atoms with van der Waals surface area (Å²) in [6.07, 6.45) is 4.30. The number of nitrogens with zero attached hydrogens (tertiary/aromatic N) is 1. The van der Waals surface area contributed by atoms with E-state index in [1.165, 1.54) is 24.0 Å². The van der Waals surface area contributed by atoms with Gasteiger partial charge in [0.15, 0.2) is 0 Å². The lowest BCUT2D eigenvalue weighted by Crippen LogP contribution is -2.19. The summed E-state index contributed by atoms with van der Waals surface area (Å²) in [4.78, 5) is 0. The van der Waals surface area contributed by atoms with Crippen LogP contribution in [0.5, 0.6) is 0 Å². The van der Waals surface area contributed by atoms with Gasteiger partial charge in [-0.05, 0) is 42.0 Å². The summed E-state index contributed by atoms with van der Waals surface area (Å²) in [5, 5.41) is 12.1. The Labute approximate surface area is 124 Å². The van der Waals surface area contributed by atoms with Gasteiger partial charge in [0.2, 0.25) is 0 Å². The molecule has 1 heterocycles. The minimum atomic E-state index is 0.387. The van der Waals surface area contributed by atoms with Crippen LogP contribution in [0, 0.1) is 0 Å². The highest BCUT2D eigenvalue weighted by atomic mass is 15.1. The molecule has 0 bridgehead atoms. The Morgan fingerprint density at radius 2 is 1.90 bits per heavy atom. The molecule has 2 unspecified atom stereocenters. The topological polar surface area (TPSA) is 40.7 Å². The summed E-state index contributed by atoms with van der Waals surface area (Å²) in [6, 6.07) is 15.5. The van der Waals surface area contributed by atoms with Gasteiger partial charge in [0, 0.05) is 11.1 Å². The molecule has 0 spiro atoms. The minimum absolute atomic E-state index is 0.387. The van der Waals surface area contributed by atoms with Crippen molar-refractivity contribution >= 4 is 16.6 Å². The van der Waals surface area contributed by atoms with Gasteiger partial charge in [-0.2, -0.15) is 5.10 Å². The number of hydrogen-bond acceptors (Lipinski definition) is 2. The molecule has 106 valence electrons. The molecule has 0 fully saturated rings. The van der Waals surface area contributed by atoms with Gasteiger partial charge in [0.25, 0.3) is 0 Å². The lowest BCUT2D eigenvalue weighted by atomic mass is 9.81. The summed E-state index contributed by atoms with van der Waals surface area (Å²) < 4.78 is 0. The predicted octanol–water partition coefficient (Wildman–Crippen LogP) is 4.61. The van der Waals surface area contributed by atoms with E-state index in [0.29, 0.717) is 12.0 Å². The van der Waals surface area contributed by atoms with Crippen molar-refractivity contribution in [2.24, 2.45) is 0 Å². The molecule has 3 nitrogen and oxygen atoms in total. The van der Waals surface area contributed by atoms with Gasteiger partial charge in [-0.3, -0.25) is 5.10 Å². The maximum Gasteiger partial charge on any atom is 0.0671 e. The molecule has 3 aromatic rings. The molecule has 1 aliphatic rings. The van der Waals surface area contributed by atoms with Crippen LogP contribution >= 0.6 is 0 Å². The van der Waals surface area contributed by atoms with Gasteiger partial charge in [-0.25, -0.2) is 0 Å². The number of H-pyrrole nitrogens is 1. The largest absolute Gasteiger partial charge is 0.378 e. The third kappa shape index (κ3) is 2.09. The highest BCUT2D eigenvalue weighted by Gasteiger charge is 2.24. The molecule has 1 aromatic heterocycles. The molecular weight excluding hydrogens is 258 g/mol. The first-order chi connectivity index (χ1) is 10.3. The molecule has 3 heteroatoms. The second kappa shape index (κ2) is 4.92. The summed E-state index contributed by atoms with van der Waals surface area (Å²) >= 11 is 0. The van der Waals surface area contributed by atoms with Crippen LogP contribution in [0.15, 0.2) is 48.7 Å². The van der Waals surface area contributed by atoms with Crippen molar-refractivity contribution in [3.63, 3.8) is 0 Å². The van der Waals surface area contributed by atoms with Crippen LogP contribution in [-0.4, -0.2) is 10.2 Å². The van der Waals surface area contributed by atoms with Crippen LogP contribution in [0.25, 0.3) is 10.9 Å². The Balaban J connectivity index is 1.72. The Hall–Kier alpha value is -2.29. The van der Waals surface area contributed by atoms with Crippen LogP contribution in [-0.2, 0) is 0 Å². The number of nitrogens with one attached hydrogen (secondary N) is 2. The summed E-state index contributed by atoms with van der Waals surface area (Å²) in [5.74, 6) is 0.656. The first-order valence-corrected chi connectivity index (χ1v) is 7.60. The summed E-state index contributed by atoms with van der Waals surface area (Å²) in [6.45, 7) is 2.33. The standard InChI is InChI=1S/C18H19N3/c1-12-9-10-17(14-6-3-2-5-13(12)14)20-16-7-4-8-18-15(16)11-19-21-18/h2-8,11-12,17,20H,9-10H2,1H3,(H,19,21). The van der Waals surface area contributed by atoms with Gasteiger partial charge in [0.1, 0.15) is 0 Å². The van der Waals surface area contributed by atoms with E-state index in [9.17, 15) is 0 Å². The number of benzene rings is 2. The van der Waals surface area contributed by atoms with E-state index in [4.69, 9.17) is 0 Å². The fraction of sp³-hybridized carbons (Fsp3) is 0.278. The molecule has 0 saturated heterocycles. The normalized spacial score (nSPS) is 21.2. The second-order valence-electron chi connectivity index (χ2n) is 5.94. The maximum atomic E-state index is 4.15. The average molecular weight is 277 g/mol. The van der Waals surface area contributed by atoms with Crippen molar-refractivity contribution in [3.05, 3.63) is 59.8 Å². The van der Waals surface area contributed by atoms with Gasteiger partial charge in [0.05, 0.1) is 17.8 Å². The smallest absolute Gasteiger partial charge is 0.0671 e. The highest BCUT2D eigenvalue weighted by Crippen LogP contribution is 2.39. The van der Waals surface area contributed by atoms with Crippen molar-refractivity contribution in [3.8, 4) is 0 Å². The quantitative estimate of drug-likeness (QED) is 0.718. The van der Waals surface area contributed by atoms with Gasteiger partial charge in [-0.1, -0.05) is 37.3 Å². The Bertz CT molecular complexity index is 775. The Morgan fingerprint density at radius 1 is 1.05 bits per heavy atom. The number of anilines is 1. The van der Waals surface area contributed by atoms with Crippen LogP contribution in [0.2, 0.25) is 0 Å². The molecule has 2 aromatic carbocycles. The van der Waals surface area contributed by atoms with E-state index in [-0.39, 0.29) is 0 Å². The van der Waals surface area contributed by atoms with Gasteiger partial charge < -0.3 is 5.32 Å². The van der Waals surface area contributed by atoms with Crippen LogP contribution in [0.4, 0.5) is 5.69 Å². The molecule has 0 amide bonds. The van der Waals surface area contributed by atoms with Crippen LogP contribution in [0.1, 0.15) is 42.9 Å². The fourth-order valence-corrected chi connectivity index (χ4v) is 3.44. The molecule has 0 aliphatic heterocycles. The van der Waals surface area contributed by atoms with Crippen molar-refractivity contribution in [1.29, 1.82) is 0 Å². The average Bonchev–Trinajstić information content (AvgIpc) is 3.00. The van der Waals surface area contributed by atoms with Crippen molar-refractivity contribution < 1.29 is 0 Å². The molecule has 1 aliphatic carbocycles. The molecule has 4 rings (SSSR count). The monoisotopic (exact) mass is 277 g/mol. The molecule has 2 N–H and O–H groups in total. The fourth-order valence-electron chi connectivity index (χ4n) is 3.44. The first kappa shape index (κ1) is 12.5. The summed E-state index contributed by atoms with van der Waals surface area (Å²) in [7, 11) is 0. The number of hydrogen-bond donors (Lipinski definition) is 2. The molecule has 2 atom stereocenters. The van der Waals surface area contributed by atoms with Crippen molar-refractivity contribution in [2.45, 2.75) is 31.7 Å². The van der Waals surface area contributed by atoms with Crippen LogP contribution < -0.4 is 5.32 Å². The SMILES string of the molecule is CC1CCC(Nc2cccc3[nH]ncc23)c2ccccc21. The maximum absolute atomic E-state index is 4.15. The van der Waals surface area contributed by atoms with Crippen LogP contribution in [0.3, 0.4) is 0 Å². The Morgan fingerprint density at radius 3 is 2.81 bits per heavy atom. The zero-order valence-corrected chi connectivity index (χ0v) is 12.1. The zero-order chi connectivity index (χ0) is 14.2. The van der Waals surface area contributed by atoms with E-state index in [0.717, 1.165) is 16.6 Å². The molecule has 21 heavy (non-hydrogen) atoms. The lowest BCUT2D eigenvalue weighted by molar-refractivity contribution is 0.535. The van der Waals surface area contributed by atoms with E-state index in [1.54, 1.807) is 0 Å². The number of aromatic amines is 1. The minimum Gasteiger partial charge on any atom is -0.378 e. The van der Waals surface area contributed by atoms with Gasteiger partial charge >= 0.3 is 0 Å². The third-order valence-electron chi connectivity index (χ3n) is 4.61. The summed E-state index contributed by atoms with van der Waals surface area (Å²) in [5.41, 5.74) is 5.17. The van der Waals surface area contributed by atoms with E-state index >= 15 is 0 Å². The molecular formula is C18H19N3. The third-order valence-corrected chi connectivity index (χ3v) is 4.61. The predicted molar refractivity (Wildman–Crippen MR) is 86.5 cm³/mol. The molecule has 0 radical (unpaired) electrons. The molecule has 0 saturated carbocycles. The highest BCUT2D eigenvalue weighted by molar-refractivity contribution is 5.91. The lowest BCUT2D eigenvalue weighted by Gasteiger charge is -2.31. The zero-order valence-electron chi connectivity index (χ0n) is 12.1. The number of aromatic nitrogens is 2. The van der Waals surface area contributed by atoms with E-state index < -0.39 is 0 Å². The van der Waals surface area contributed by atoms with E-state index in [2.05, 4.69) is 64.9 Å². The number of fused-ring (bicyclic) bond motifs is 2. The Kier molecular flexibility index (Phi) is 2.92. The van der Waals surface area contributed by atoms with Gasteiger partial charge in [-0.15, -0.1) is 0 Å². The second-order valence-corrected chi connectivity index (χ2v) is 5.94. The van der Waals surface area contributed by atoms with Crippen molar-refractivity contribution in [2.75, 3.05) is 5.32 Å². The van der Waals surface area contributed by atoms with Crippen molar-refractivity contribution in [1.82, 2.24) is 10.2 Å². The van der Waals surface area contributed by atoms with E-state index in [1.807, 2.05) is 6.20 Å².